The lowest BCUT2D eigenvalue weighted by atomic mass is 10.1. The summed E-state index contributed by atoms with van der Waals surface area (Å²) in [7, 11) is 2.10. The van der Waals surface area contributed by atoms with E-state index in [1.54, 1.807) is 11.3 Å². The number of aryl methyl sites for hydroxylation is 3. The molecule has 25 heavy (non-hydrogen) atoms. The molecule has 3 aromatic rings. The molecule has 2 aliphatic rings. The van der Waals surface area contributed by atoms with Crippen LogP contribution in [0.3, 0.4) is 0 Å². The summed E-state index contributed by atoms with van der Waals surface area (Å²) in [6, 6.07) is 4.71. The lowest BCUT2D eigenvalue weighted by Crippen LogP contribution is -2.26. The number of hydrogen-bond donors (Lipinski definition) is 1. The van der Waals surface area contributed by atoms with Gasteiger partial charge in [-0.05, 0) is 56.3 Å². The first-order valence-corrected chi connectivity index (χ1v) is 9.91. The fourth-order valence-electron chi connectivity index (χ4n) is 4.48. The van der Waals surface area contributed by atoms with Gasteiger partial charge in [-0.25, -0.2) is 4.98 Å². The van der Waals surface area contributed by atoms with Gasteiger partial charge in [-0.2, -0.15) is 0 Å². The SMILES string of the molecule is Cn1cccc1[C@H]1CCCN1Cc1nc2sc3c(c2c(=O)[nH]1)CCC3. The van der Waals surface area contributed by atoms with Gasteiger partial charge in [0.15, 0.2) is 0 Å². The van der Waals surface area contributed by atoms with E-state index in [1.807, 2.05) is 0 Å². The van der Waals surface area contributed by atoms with Gasteiger partial charge in [0, 0.05) is 23.8 Å². The Morgan fingerprint density at radius 1 is 1.36 bits per heavy atom. The van der Waals surface area contributed by atoms with Crippen LogP contribution in [0.25, 0.3) is 10.2 Å². The van der Waals surface area contributed by atoms with Crippen LogP contribution in [-0.4, -0.2) is 26.0 Å². The van der Waals surface area contributed by atoms with Crippen LogP contribution in [0.15, 0.2) is 23.1 Å². The highest BCUT2D eigenvalue weighted by atomic mass is 32.1. The number of aromatic amines is 1. The van der Waals surface area contributed by atoms with Crippen molar-refractivity contribution in [1.29, 1.82) is 0 Å². The second-order valence-corrected chi connectivity index (χ2v) is 8.31. The highest BCUT2D eigenvalue weighted by Crippen LogP contribution is 2.35. The molecule has 4 heterocycles. The molecular formula is C19H22N4OS. The molecule has 0 saturated carbocycles. The number of fused-ring (bicyclic) bond motifs is 3. The van der Waals surface area contributed by atoms with E-state index < -0.39 is 0 Å². The zero-order valence-corrected chi connectivity index (χ0v) is 15.2. The van der Waals surface area contributed by atoms with Crippen LogP contribution in [0.5, 0.6) is 0 Å². The number of nitrogens with one attached hydrogen (secondary N) is 1. The molecule has 0 amide bonds. The summed E-state index contributed by atoms with van der Waals surface area (Å²) in [5, 5.41) is 0.849. The zero-order chi connectivity index (χ0) is 17.0. The molecule has 1 atom stereocenters. The van der Waals surface area contributed by atoms with Gasteiger partial charge in [-0.1, -0.05) is 0 Å². The molecule has 0 radical (unpaired) electrons. The van der Waals surface area contributed by atoms with E-state index in [0.717, 1.165) is 41.8 Å². The van der Waals surface area contributed by atoms with Crippen molar-refractivity contribution in [3.63, 3.8) is 0 Å². The van der Waals surface area contributed by atoms with Gasteiger partial charge in [-0.3, -0.25) is 9.69 Å². The Bertz CT molecular complexity index is 999. The van der Waals surface area contributed by atoms with Gasteiger partial charge < -0.3 is 9.55 Å². The van der Waals surface area contributed by atoms with Crippen LogP contribution in [0.2, 0.25) is 0 Å². The summed E-state index contributed by atoms with van der Waals surface area (Å²) >= 11 is 1.72. The van der Waals surface area contributed by atoms with E-state index in [4.69, 9.17) is 4.98 Å². The van der Waals surface area contributed by atoms with E-state index in [0.29, 0.717) is 12.6 Å². The molecule has 1 fully saturated rings. The van der Waals surface area contributed by atoms with Crippen LogP contribution < -0.4 is 5.56 Å². The minimum atomic E-state index is 0.0500. The highest BCUT2D eigenvalue weighted by molar-refractivity contribution is 7.18. The Hall–Kier alpha value is -1.92. The van der Waals surface area contributed by atoms with E-state index in [2.05, 4.69) is 39.8 Å². The average molecular weight is 354 g/mol. The number of nitrogens with zero attached hydrogens (tertiary/aromatic N) is 3. The third-order valence-electron chi connectivity index (χ3n) is 5.67. The lowest BCUT2D eigenvalue weighted by molar-refractivity contribution is 0.235. The molecule has 1 saturated heterocycles. The second kappa shape index (κ2) is 5.81. The molecule has 1 aliphatic carbocycles. The van der Waals surface area contributed by atoms with E-state index in [1.165, 1.54) is 29.0 Å². The topological polar surface area (TPSA) is 53.9 Å². The van der Waals surface area contributed by atoms with Crippen LogP contribution in [0.1, 0.15) is 47.3 Å². The first kappa shape index (κ1) is 15.3. The van der Waals surface area contributed by atoms with Gasteiger partial charge in [0.05, 0.1) is 18.0 Å². The quantitative estimate of drug-likeness (QED) is 0.786. The number of H-pyrrole nitrogens is 1. The van der Waals surface area contributed by atoms with Crippen molar-refractivity contribution in [2.45, 2.75) is 44.7 Å². The van der Waals surface area contributed by atoms with Crippen molar-refractivity contribution in [3.05, 3.63) is 50.6 Å². The second-order valence-electron chi connectivity index (χ2n) is 7.22. The summed E-state index contributed by atoms with van der Waals surface area (Å²) in [6.07, 6.45) is 7.76. The highest BCUT2D eigenvalue weighted by Gasteiger charge is 2.28. The number of likely N-dealkylation sites (tertiary alicyclic amines) is 1. The van der Waals surface area contributed by atoms with Crippen LogP contribution in [0, 0.1) is 0 Å². The molecular weight excluding hydrogens is 332 g/mol. The van der Waals surface area contributed by atoms with Crippen molar-refractivity contribution < 1.29 is 0 Å². The number of thiophene rings is 1. The van der Waals surface area contributed by atoms with Crippen LogP contribution in [0.4, 0.5) is 0 Å². The molecule has 5 rings (SSSR count). The number of rotatable bonds is 3. The van der Waals surface area contributed by atoms with Gasteiger partial charge in [0.25, 0.3) is 5.56 Å². The molecule has 0 aromatic carbocycles. The third kappa shape index (κ3) is 2.47. The first-order valence-electron chi connectivity index (χ1n) is 9.09. The van der Waals surface area contributed by atoms with Crippen LogP contribution in [-0.2, 0) is 26.4 Å². The smallest absolute Gasteiger partial charge is 0.259 e. The molecule has 0 bridgehead atoms. The van der Waals surface area contributed by atoms with Gasteiger partial charge in [0.1, 0.15) is 10.7 Å². The summed E-state index contributed by atoms with van der Waals surface area (Å²) in [5.41, 5.74) is 2.65. The molecule has 0 unspecified atom stereocenters. The first-order chi connectivity index (χ1) is 12.2. The fraction of sp³-hybridized carbons (Fsp3) is 0.474. The monoisotopic (exact) mass is 354 g/mol. The van der Waals surface area contributed by atoms with Gasteiger partial charge in [0.2, 0.25) is 0 Å². The zero-order valence-electron chi connectivity index (χ0n) is 14.4. The fourth-order valence-corrected chi connectivity index (χ4v) is 5.77. The Kier molecular flexibility index (Phi) is 3.57. The minimum absolute atomic E-state index is 0.0500. The predicted octanol–water partition coefficient (Wildman–Crippen LogP) is 3.15. The number of aromatic nitrogens is 3. The Balaban J connectivity index is 1.48. The Morgan fingerprint density at radius 2 is 2.28 bits per heavy atom. The molecule has 0 spiro atoms. The molecule has 5 nitrogen and oxygen atoms in total. The molecule has 1 N–H and O–H groups in total. The van der Waals surface area contributed by atoms with E-state index in [9.17, 15) is 4.79 Å². The van der Waals surface area contributed by atoms with E-state index >= 15 is 0 Å². The maximum absolute atomic E-state index is 12.6. The Morgan fingerprint density at radius 3 is 3.12 bits per heavy atom. The molecule has 3 aromatic heterocycles. The standard InChI is InChI=1S/C19H22N4OS/c1-22-9-3-6-13(22)14-7-4-10-23(14)11-16-20-18(24)17-12-5-2-8-15(12)25-19(17)21-16/h3,6,9,14H,2,4-5,7-8,10-11H2,1H3,(H,20,21,24)/t14-/m1/s1. The van der Waals surface area contributed by atoms with Crippen molar-refractivity contribution in [1.82, 2.24) is 19.4 Å². The largest absolute Gasteiger partial charge is 0.353 e. The maximum atomic E-state index is 12.6. The maximum Gasteiger partial charge on any atom is 0.259 e. The van der Waals surface area contributed by atoms with Gasteiger partial charge in [-0.15, -0.1) is 11.3 Å². The van der Waals surface area contributed by atoms with Crippen molar-refractivity contribution in [3.8, 4) is 0 Å². The van der Waals surface area contributed by atoms with Gasteiger partial charge >= 0.3 is 0 Å². The summed E-state index contributed by atoms with van der Waals surface area (Å²) < 4.78 is 2.20. The summed E-state index contributed by atoms with van der Waals surface area (Å²) in [4.78, 5) is 25.3. The van der Waals surface area contributed by atoms with Crippen LogP contribution >= 0.6 is 11.3 Å². The van der Waals surface area contributed by atoms with Crippen molar-refractivity contribution in [2.75, 3.05) is 6.54 Å². The summed E-state index contributed by atoms with van der Waals surface area (Å²) in [6.45, 7) is 1.77. The lowest BCUT2D eigenvalue weighted by Gasteiger charge is -2.24. The van der Waals surface area contributed by atoms with Crippen molar-refractivity contribution >= 4 is 21.6 Å². The molecule has 130 valence electrons. The number of hydrogen-bond acceptors (Lipinski definition) is 4. The average Bonchev–Trinajstić information content (AvgIpc) is 3.30. The minimum Gasteiger partial charge on any atom is -0.353 e. The predicted molar refractivity (Wildman–Crippen MR) is 100 cm³/mol. The van der Waals surface area contributed by atoms with Crippen molar-refractivity contribution in [2.24, 2.45) is 7.05 Å². The third-order valence-corrected chi connectivity index (χ3v) is 6.85. The Labute approximate surface area is 150 Å². The normalized spacial score (nSPS) is 20.6. The van der Waals surface area contributed by atoms with E-state index in [-0.39, 0.29) is 5.56 Å². The molecule has 1 aliphatic heterocycles. The molecule has 6 heteroatoms. The summed E-state index contributed by atoms with van der Waals surface area (Å²) in [5.74, 6) is 0.804.